The van der Waals surface area contributed by atoms with E-state index in [9.17, 15) is 22.4 Å². The summed E-state index contributed by atoms with van der Waals surface area (Å²) >= 11 is 10.8. The van der Waals surface area contributed by atoms with Crippen LogP contribution in [0.5, 0.6) is 5.75 Å². The lowest BCUT2D eigenvalue weighted by Crippen LogP contribution is -2.17. The summed E-state index contributed by atoms with van der Waals surface area (Å²) in [6.45, 7) is 0. The van der Waals surface area contributed by atoms with E-state index in [0.29, 0.717) is 6.07 Å². The van der Waals surface area contributed by atoms with Crippen LogP contribution in [-0.4, -0.2) is 12.4 Å². The van der Waals surface area contributed by atoms with Gasteiger partial charge in [0.05, 0.1) is 10.6 Å². The van der Waals surface area contributed by atoms with Gasteiger partial charge in [0.1, 0.15) is 10.8 Å². The van der Waals surface area contributed by atoms with Crippen molar-refractivity contribution >= 4 is 29.2 Å². The maximum absolute atomic E-state index is 12.3. The molecule has 8 heteroatoms. The zero-order chi connectivity index (χ0) is 12.5. The molecule has 0 radical (unpaired) electrons. The maximum Gasteiger partial charge on any atom is 0.573 e. The molecule has 0 heterocycles. The minimum Gasteiger partial charge on any atom is -0.404 e. The van der Waals surface area contributed by atoms with Crippen molar-refractivity contribution in [3.05, 3.63) is 27.7 Å². The molecule has 0 unspecified atom stereocenters. The van der Waals surface area contributed by atoms with Crippen molar-refractivity contribution < 1.29 is 27.1 Å². The van der Waals surface area contributed by atoms with Crippen LogP contribution in [0.4, 0.5) is 17.6 Å². The van der Waals surface area contributed by atoms with Gasteiger partial charge in [-0.05, 0) is 12.1 Å². The number of halogens is 6. The van der Waals surface area contributed by atoms with Crippen LogP contribution in [0.3, 0.4) is 0 Å². The van der Waals surface area contributed by atoms with E-state index in [0.717, 1.165) is 6.07 Å². The van der Waals surface area contributed by atoms with Crippen LogP contribution in [-0.2, 0) is 0 Å². The van der Waals surface area contributed by atoms with Crippen molar-refractivity contribution in [3.63, 3.8) is 0 Å². The summed E-state index contributed by atoms with van der Waals surface area (Å²) in [6, 6.07) is -0.447. The van der Waals surface area contributed by atoms with E-state index in [4.69, 9.17) is 23.2 Å². The van der Waals surface area contributed by atoms with Gasteiger partial charge < -0.3 is 4.74 Å². The molecule has 0 spiro atoms. The molecular weight excluding hydrogens is 275 g/mol. The van der Waals surface area contributed by atoms with Crippen LogP contribution < -0.4 is 4.74 Å². The van der Waals surface area contributed by atoms with Crippen LogP contribution in [0, 0.1) is 0 Å². The monoisotopic (exact) mass is 276 g/mol. The molecule has 0 aliphatic carbocycles. The van der Waals surface area contributed by atoms with Gasteiger partial charge >= 0.3 is 12.4 Å². The lowest BCUT2D eigenvalue weighted by molar-refractivity contribution is -0.274. The third kappa shape index (κ3) is 2.99. The number of alkyl halides is 3. The molecule has 0 aliphatic rings. The average molecular weight is 277 g/mol. The molecule has 1 aromatic carbocycles. The lowest BCUT2D eigenvalue weighted by Gasteiger charge is -2.11. The van der Waals surface area contributed by atoms with Crippen LogP contribution in [0.2, 0.25) is 10.0 Å². The molecular formula is C8H2Cl2F4O2. The van der Waals surface area contributed by atoms with Crippen molar-refractivity contribution in [2.24, 2.45) is 0 Å². The Morgan fingerprint density at radius 1 is 1.19 bits per heavy atom. The van der Waals surface area contributed by atoms with Crippen LogP contribution in [0.15, 0.2) is 12.1 Å². The second-order valence-electron chi connectivity index (χ2n) is 2.56. The van der Waals surface area contributed by atoms with Crippen molar-refractivity contribution in [1.82, 2.24) is 0 Å². The van der Waals surface area contributed by atoms with Crippen molar-refractivity contribution in [2.45, 2.75) is 6.36 Å². The molecule has 0 saturated heterocycles. The fraction of sp³-hybridized carbons (Fsp3) is 0.125. The molecule has 1 rings (SSSR count). The van der Waals surface area contributed by atoms with Gasteiger partial charge in [-0.2, -0.15) is 4.39 Å². The number of benzene rings is 1. The number of hydrogen-bond acceptors (Lipinski definition) is 2. The van der Waals surface area contributed by atoms with Crippen LogP contribution >= 0.6 is 23.2 Å². The van der Waals surface area contributed by atoms with Crippen molar-refractivity contribution in [3.8, 4) is 5.75 Å². The Hall–Kier alpha value is -1.01. The van der Waals surface area contributed by atoms with Gasteiger partial charge in [0.25, 0.3) is 0 Å². The van der Waals surface area contributed by atoms with Gasteiger partial charge in [0, 0.05) is 0 Å². The Morgan fingerprint density at radius 3 is 2.19 bits per heavy atom. The van der Waals surface area contributed by atoms with Gasteiger partial charge in [-0.1, -0.05) is 23.2 Å². The molecule has 0 aromatic heterocycles. The summed E-state index contributed by atoms with van der Waals surface area (Å²) in [5.74, 6) is -0.802. The van der Waals surface area contributed by atoms with E-state index in [1.807, 2.05) is 0 Å². The molecule has 0 fully saturated rings. The first-order chi connectivity index (χ1) is 7.22. The summed E-state index contributed by atoms with van der Waals surface area (Å²) in [5.41, 5.74) is -0.624. The Balaban J connectivity index is 3.17. The number of rotatable bonds is 2. The molecule has 0 bridgehead atoms. The first-order valence-corrected chi connectivity index (χ1v) is 4.41. The smallest absolute Gasteiger partial charge is 0.404 e. The third-order valence-electron chi connectivity index (χ3n) is 1.48. The third-order valence-corrected chi connectivity index (χ3v) is 2.35. The standard InChI is InChI=1S/C8H2Cl2F4O2/c9-5-3(7(11)15)1-2-4(6(5)10)16-8(12,13)14/h1-2H. The highest BCUT2D eigenvalue weighted by Gasteiger charge is 2.32. The van der Waals surface area contributed by atoms with E-state index < -0.39 is 33.8 Å². The minimum absolute atomic E-state index is 0.624. The normalized spacial score (nSPS) is 11.4. The van der Waals surface area contributed by atoms with Gasteiger partial charge in [0.2, 0.25) is 0 Å². The molecule has 0 amide bonds. The average Bonchev–Trinajstić information content (AvgIpc) is 2.10. The van der Waals surface area contributed by atoms with E-state index >= 15 is 0 Å². The maximum atomic E-state index is 12.3. The predicted octanol–water partition coefficient (Wildman–Crippen LogP) is 4.00. The Labute approximate surface area is 96.7 Å². The van der Waals surface area contributed by atoms with E-state index in [-0.39, 0.29) is 0 Å². The second kappa shape index (κ2) is 4.47. The number of ether oxygens (including phenoxy) is 1. The Kier molecular flexibility index (Phi) is 3.64. The van der Waals surface area contributed by atoms with Gasteiger partial charge in [-0.3, -0.25) is 4.79 Å². The SMILES string of the molecule is O=C(F)c1ccc(OC(F)(F)F)c(Cl)c1Cl. The summed E-state index contributed by atoms with van der Waals surface area (Å²) in [6.07, 6.45) is -4.95. The van der Waals surface area contributed by atoms with Crippen LogP contribution in [0.1, 0.15) is 10.4 Å². The predicted molar refractivity (Wildman–Crippen MR) is 48.6 cm³/mol. The fourth-order valence-corrected chi connectivity index (χ4v) is 1.32. The number of carbonyl (C=O) groups is 1. The highest BCUT2D eigenvalue weighted by Crippen LogP contribution is 2.37. The Morgan fingerprint density at radius 2 is 1.75 bits per heavy atom. The van der Waals surface area contributed by atoms with E-state index in [1.165, 1.54) is 0 Å². The van der Waals surface area contributed by atoms with Gasteiger partial charge in [0.15, 0.2) is 0 Å². The largest absolute Gasteiger partial charge is 0.573 e. The number of carbonyl (C=O) groups excluding carboxylic acids is 1. The van der Waals surface area contributed by atoms with Crippen LogP contribution in [0.25, 0.3) is 0 Å². The molecule has 0 N–H and O–H groups in total. The molecule has 16 heavy (non-hydrogen) atoms. The lowest BCUT2D eigenvalue weighted by atomic mass is 10.2. The summed E-state index contributed by atoms with van der Waals surface area (Å²) in [7, 11) is 0. The second-order valence-corrected chi connectivity index (χ2v) is 3.32. The summed E-state index contributed by atoms with van der Waals surface area (Å²) in [5, 5.41) is -1.31. The van der Waals surface area contributed by atoms with E-state index in [2.05, 4.69) is 4.74 Å². The zero-order valence-corrected chi connectivity index (χ0v) is 8.75. The number of hydrogen-bond donors (Lipinski definition) is 0. The highest BCUT2D eigenvalue weighted by molar-refractivity contribution is 6.44. The fourth-order valence-electron chi connectivity index (χ4n) is 0.887. The molecule has 0 saturated carbocycles. The quantitative estimate of drug-likeness (QED) is 0.603. The summed E-state index contributed by atoms with van der Waals surface area (Å²) in [4.78, 5) is 10.3. The molecule has 1 aromatic rings. The molecule has 88 valence electrons. The Bertz CT molecular complexity index is 431. The van der Waals surface area contributed by atoms with Crippen molar-refractivity contribution in [1.29, 1.82) is 0 Å². The molecule has 0 atom stereocenters. The minimum atomic E-state index is -4.95. The zero-order valence-electron chi connectivity index (χ0n) is 7.24. The molecule has 0 aliphatic heterocycles. The summed E-state index contributed by atoms with van der Waals surface area (Å²) < 4.78 is 51.3. The van der Waals surface area contributed by atoms with Crippen molar-refractivity contribution in [2.75, 3.05) is 0 Å². The molecule has 2 nitrogen and oxygen atoms in total. The first kappa shape index (κ1) is 13.1. The first-order valence-electron chi connectivity index (χ1n) is 3.66. The van der Waals surface area contributed by atoms with E-state index in [1.54, 1.807) is 0 Å². The highest BCUT2D eigenvalue weighted by atomic mass is 35.5. The topological polar surface area (TPSA) is 26.3 Å². The van der Waals surface area contributed by atoms with Gasteiger partial charge in [-0.15, -0.1) is 13.2 Å². The van der Waals surface area contributed by atoms with Gasteiger partial charge in [-0.25, -0.2) is 0 Å².